The van der Waals surface area contributed by atoms with Gasteiger partial charge in [-0.05, 0) is 6.92 Å². The quantitative estimate of drug-likeness (QED) is 0.781. The summed E-state index contributed by atoms with van der Waals surface area (Å²) in [7, 11) is 0. The first-order valence-corrected chi connectivity index (χ1v) is 5.65. The minimum atomic E-state index is -0.577. The standard InChI is InChI=1S/C14H10N4O/c1-10(14(19)11-5-3-2-4-6-11)18-9-17-12(7-15)13(18)8-16/h2-6,9-10H,1H3. The molecule has 19 heavy (non-hydrogen) atoms. The molecule has 0 aliphatic heterocycles. The predicted octanol–water partition coefficient (Wildman–Crippen LogP) is 2.07. The second-order valence-electron chi connectivity index (χ2n) is 3.98. The lowest BCUT2D eigenvalue weighted by molar-refractivity contribution is 0.0934. The molecule has 5 heteroatoms. The van der Waals surface area contributed by atoms with Crippen LogP contribution in [0.15, 0.2) is 36.7 Å². The van der Waals surface area contributed by atoms with Crippen molar-refractivity contribution in [1.29, 1.82) is 10.5 Å². The Morgan fingerprint density at radius 2 is 1.95 bits per heavy atom. The van der Waals surface area contributed by atoms with Crippen LogP contribution in [0.25, 0.3) is 0 Å². The van der Waals surface area contributed by atoms with E-state index in [0.717, 1.165) is 0 Å². The molecule has 1 unspecified atom stereocenters. The molecule has 0 amide bonds. The number of hydrogen-bond acceptors (Lipinski definition) is 4. The number of hydrogen-bond donors (Lipinski definition) is 0. The smallest absolute Gasteiger partial charge is 0.185 e. The van der Waals surface area contributed by atoms with Crippen molar-refractivity contribution in [2.75, 3.05) is 0 Å². The third kappa shape index (κ3) is 2.22. The van der Waals surface area contributed by atoms with Crippen molar-refractivity contribution in [3.63, 3.8) is 0 Å². The van der Waals surface area contributed by atoms with Crippen molar-refractivity contribution in [2.24, 2.45) is 0 Å². The van der Waals surface area contributed by atoms with E-state index in [1.54, 1.807) is 31.2 Å². The number of imidazole rings is 1. The number of carbonyl (C=O) groups excluding carboxylic acids is 1. The van der Waals surface area contributed by atoms with Crippen LogP contribution in [0.2, 0.25) is 0 Å². The largest absolute Gasteiger partial charge is 0.310 e. The highest BCUT2D eigenvalue weighted by atomic mass is 16.1. The minimum Gasteiger partial charge on any atom is -0.310 e. The molecule has 1 aromatic carbocycles. The Morgan fingerprint density at radius 3 is 2.53 bits per heavy atom. The van der Waals surface area contributed by atoms with Gasteiger partial charge in [-0.2, -0.15) is 10.5 Å². The number of rotatable bonds is 3. The van der Waals surface area contributed by atoms with Gasteiger partial charge >= 0.3 is 0 Å². The van der Waals surface area contributed by atoms with Crippen LogP contribution in [-0.4, -0.2) is 15.3 Å². The molecule has 0 bridgehead atoms. The summed E-state index contributed by atoms with van der Waals surface area (Å²) in [5, 5.41) is 17.9. The average Bonchev–Trinajstić information content (AvgIpc) is 2.89. The Kier molecular flexibility index (Phi) is 3.40. The van der Waals surface area contributed by atoms with Gasteiger partial charge in [0.1, 0.15) is 12.1 Å². The fourth-order valence-electron chi connectivity index (χ4n) is 1.82. The lowest BCUT2D eigenvalue weighted by atomic mass is 10.1. The summed E-state index contributed by atoms with van der Waals surface area (Å²) in [4.78, 5) is 16.1. The van der Waals surface area contributed by atoms with Gasteiger partial charge in [0.05, 0.1) is 12.4 Å². The number of carbonyl (C=O) groups is 1. The molecule has 0 N–H and O–H groups in total. The van der Waals surface area contributed by atoms with Crippen LogP contribution < -0.4 is 0 Å². The maximum Gasteiger partial charge on any atom is 0.185 e. The van der Waals surface area contributed by atoms with Crippen molar-refractivity contribution in [3.05, 3.63) is 53.6 Å². The Balaban J connectivity index is 2.39. The monoisotopic (exact) mass is 250 g/mol. The molecule has 0 fully saturated rings. The Bertz CT molecular complexity index is 688. The Labute approximate surface area is 110 Å². The Morgan fingerprint density at radius 1 is 1.26 bits per heavy atom. The van der Waals surface area contributed by atoms with E-state index < -0.39 is 6.04 Å². The molecule has 2 rings (SSSR count). The predicted molar refractivity (Wildman–Crippen MR) is 67.1 cm³/mol. The Hall–Kier alpha value is -2.92. The van der Waals surface area contributed by atoms with E-state index >= 15 is 0 Å². The van der Waals surface area contributed by atoms with Gasteiger partial charge in [0.25, 0.3) is 0 Å². The highest BCUT2D eigenvalue weighted by Crippen LogP contribution is 2.17. The SMILES string of the molecule is CC(C(=O)c1ccccc1)n1cnc(C#N)c1C#N. The van der Waals surface area contributed by atoms with E-state index in [9.17, 15) is 4.79 Å². The number of ketones is 1. The van der Waals surface area contributed by atoms with Crippen LogP contribution in [-0.2, 0) is 0 Å². The first kappa shape index (κ1) is 12.5. The molecule has 5 nitrogen and oxygen atoms in total. The second kappa shape index (κ2) is 5.16. The van der Waals surface area contributed by atoms with Gasteiger partial charge in [0.15, 0.2) is 17.2 Å². The molecular formula is C14H10N4O. The van der Waals surface area contributed by atoms with Crippen LogP contribution in [0.1, 0.15) is 34.7 Å². The summed E-state index contributed by atoms with van der Waals surface area (Å²) in [5.41, 5.74) is 0.709. The zero-order valence-electron chi connectivity index (χ0n) is 10.2. The van der Waals surface area contributed by atoms with Crippen molar-refractivity contribution >= 4 is 5.78 Å². The first-order valence-electron chi connectivity index (χ1n) is 5.65. The topological polar surface area (TPSA) is 82.5 Å². The van der Waals surface area contributed by atoms with Gasteiger partial charge < -0.3 is 4.57 Å². The molecule has 0 aliphatic rings. The van der Waals surface area contributed by atoms with E-state index in [-0.39, 0.29) is 17.2 Å². The molecule has 1 atom stereocenters. The van der Waals surface area contributed by atoms with Crippen LogP contribution in [0.4, 0.5) is 0 Å². The fraction of sp³-hybridized carbons (Fsp3) is 0.143. The van der Waals surface area contributed by atoms with E-state index in [2.05, 4.69) is 4.98 Å². The number of Topliss-reactive ketones (excluding diaryl/α,β-unsaturated/α-hetero) is 1. The summed E-state index contributed by atoms with van der Waals surface area (Å²) in [5.74, 6) is -0.126. The molecule has 1 heterocycles. The highest BCUT2D eigenvalue weighted by molar-refractivity contribution is 5.98. The lowest BCUT2D eigenvalue weighted by Crippen LogP contribution is -2.17. The molecule has 0 radical (unpaired) electrons. The molecule has 0 spiro atoms. The van der Waals surface area contributed by atoms with E-state index in [4.69, 9.17) is 10.5 Å². The van der Waals surface area contributed by atoms with Crippen molar-refractivity contribution < 1.29 is 4.79 Å². The average molecular weight is 250 g/mol. The van der Waals surface area contributed by atoms with Crippen molar-refractivity contribution in [3.8, 4) is 12.1 Å². The zero-order chi connectivity index (χ0) is 13.8. The van der Waals surface area contributed by atoms with Gasteiger partial charge in [0.2, 0.25) is 0 Å². The summed E-state index contributed by atoms with van der Waals surface area (Å²) in [6, 6.07) is 12.0. The molecule has 2 aromatic rings. The molecule has 92 valence electrons. The number of aromatic nitrogens is 2. The van der Waals surface area contributed by atoms with Crippen molar-refractivity contribution in [2.45, 2.75) is 13.0 Å². The normalized spacial score (nSPS) is 11.3. The maximum atomic E-state index is 12.3. The summed E-state index contributed by atoms with van der Waals surface area (Å²) < 4.78 is 1.42. The number of benzene rings is 1. The molecule has 0 saturated heterocycles. The summed E-state index contributed by atoms with van der Waals surface area (Å²) in [6.45, 7) is 1.68. The van der Waals surface area contributed by atoms with Crippen LogP contribution in [0.5, 0.6) is 0 Å². The van der Waals surface area contributed by atoms with E-state index in [1.165, 1.54) is 10.9 Å². The minimum absolute atomic E-state index is 0.0372. The maximum absolute atomic E-state index is 12.3. The molecular weight excluding hydrogens is 240 g/mol. The molecule has 1 aromatic heterocycles. The van der Waals surface area contributed by atoms with Gasteiger partial charge in [0, 0.05) is 5.56 Å². The second-order valence-corrected chi connectivity index (χ2v) is 3.98. The van der Waals surface area contributed by atoms with E-state index in [0.29, 0.717) is 5.56 Å². The van der Waals surface area contributed by atoms with Gasteiger partial charge in [-0.25, -0.2) is 4.98 Å². The van der Waals surface area contributed by atoms with Crippen LogP contribution in [0.3, 0.4) is 0 Å². The van der Waals surface area contributed by atoms with Gasteiger partial charge in [-0.3, -0.25) is 4.79 Å². The van der Waals surface area contributed by atoms with Crippen LogP contribution >= 0.6 is 0 Å². The number of nitriles is 2. The lowest BCUT2D eigenvalue weighted by Gasteiger charge is -2.12. The molecule has 0 saturated carbocycles. The van der Waals surface area contributed by atoms with Crippen LogP contribution in [0, 0.1) is 22.7 Å². The van der Waals surface area contributed by atoms with E-state index in [1.807, 2.05) is 18.2 Å². The van der Waals surface area contributed by atoms with Gasteiger partial charge in [-0.15, -0.1) is 0 Å². The summed E-state index contributed by atoms with van der Waals surface area (Å²) >= 11 is 0. The first-order chi connectivity index (χ1) is 9.19. The zero-order valence-corrected chi connectivity index (χ0v) is 10.2. The number of nitrogens with zero attached hydrogens (tertiary/aromatic N) is 4. The van der Waals surface area contributed by atoms with Crippen molar-refractivity contribution in [1.82, 2.24) is 9.55 Å². The third-order valence-corrected chi connectivity index (χ3v) is 2.86. The molecule has 0 aliphatic carbocycles. The summed E-state index contributed by atoms with van der Waals surface area (Å²) in [6.07, 6.45) is 1.35. The third-order valence-electron chi connectivity index (χ3n) is 2.86. The van der Waals surface area contributed by atoms with Gasteiger partial charge in [-0.1, -0.05) is 30.3 Å². The highest BCUT2D eigenvalue weighted by Gasteiger charge is 2.21. The fourth-order valence-corrected chi connectivity index (χ4v) is 1.82.